The van der Waals surface area contributed by atoms with Crippen molar-refractivity contribution in [1.82, 2.24) is 10.6 Å². The summed E-state index contributed by atoms with van der Waals surface area (Å²) in [4.78, 5) is 35.5. The number of nitrogens with one attached hydrogen (secondary N) is 3. The fraction of sp³-hybridized carbons (Fsp3) is 0.211. The standard InChI is InChI=1S/C19H19F2N3O3/c1-11-4-3-5-16(12(11)2)24-18(26)10-22-17(25)9-23-19(27)14-7-6-13(20)8-15(14)21/h3-8H,9-10H2,1-2H3,(H,22,25)(H,23,27)(H,24,26). The molecule has 3 N–H and O–H groups in total. The van der Waals surface area contributed by atoms with E-state index in [1.165, 1.54) is 0 Å². The van der Waals surface area contributed by atoms with E-state index in [0.717, 1.165) is 23.3 Å². The van der Waals surface area contributed by atoms with Crippen molar-refractivity contribution in [2.24, 2.45) is 0 Å². The highest BCUT2D eigenvalue weighted by molar-refractivity contribution is 5.98. The number of rotatable bonds is 6. The van der Waals surface area contributed by atoms with Crippen LogP contribution in [0.2, 0.25) is 0 Å². The minimum absolute atomic E-state index is 0.285. The summed E-state index contributed by atoms with van der Waals surface area (Å²) in [5.41, 5.74) is 2.21. The number of carbonyl (C=O) groups excluding carboxylic acids is 3. The van der Waals surface area contributed by atoms with Gasteiger partial charge < -0.3 is 16.0 Å². The molecule has 0 saturated heterocycles. The lowest BCUT2D eigenvalue weighted by Gasteiger charge is -2.11. The third-order valence-electron chi connectivity index (χ3n) is 3.91. The smallest absolute Gasteiger partial charge is 0.254 e. The van der Waals surface area contributed by atoms with Crippen molar-refractivity contribution in [3.63, 3.8) is 0 Å². The second-order valence-electron chi connectivity index (χ2n) is 5.88. The van der Waals surface area contributed by atoms with Crippen LogP contribution in [0.15, 0.2) is 36.4 Å². The first kappa shape index (κ1) is 20.0. The molecule has 0 spiro atoms. The van der Waals surface area contributed by atoms with Gasteiger partial charge in [-0.1, -0.05) is 12.1 Å². The molecule has 0 unspecified atom stereocenters. The summed E-state index contributed by atoms with van der Waals surface area (Å²) in [6.45, 7) is 3.05. The summed E-state index contributed by atoms with van der Waals surface area (Å²) in [6, 6.07) is 7.97. The highest BCUT2D eigenvalue weighted by Gasteiger charge is 2.14. The van der Waals surface area contributed by atoms with Crippen molar-refractivity contribution >= 4 is 23.4 Å². The molecule has 142 valence electrons. The van der Waals surface area contributed by atoms with E-state index >= 15 is 0 Å². The molecule has 2 rings (SSSR count). The normalized spacial score (nSPS) is 10.2. The molecule has 2 aromatic carbocycles. The van der Waals surface area contributed by atoms with Crippen molar-refractivity contribution in [1.29, 1.82) is 0 Å². The van der Waals surface area contributed by atoms with Gasteiger partial charge in [-0.25, -0.2) is 8.78 Å². The topological polar surface area (TPSA) is 87.3 Å². The molecule has 0 radical (unpaired) electrons. The molecule has 0 aliphatic rings. The van der Waals surface area contributed by atoms with E-state index in [4.69, 9.17) is 0 Å². The van der Waals surface area contributed by atoms with E-state index in [-0.39, 0.29) is 12.1 Å². The van der Waals surface area contributed by atoms with Crippen LogP contribution in [-0.2, 0) is 9.59 Å². The van der Waals surface area contributed by atoms with Crippen LogP contribution in [0.1, 0.15) is 21.5 Å². The van der Waals surface area contributed by atoms with Crippen LogP contribution >= 0.6 is 0 Å². The van der Waals surface area contributed by atoms with Crippen molar-refractivity contribution in [3.8, 4) is 0 Å². The Bertz CT molecular complexity index is 884. The van der Waals surface area contributed by atoms with E-state index in [1.807, 2.05) is 19.9 Å². The van der Waals surface area contributed by atoms with Crippen LogP contribution < -0.4 is 16.0 Å². The Morgan fingerprint density at radius 1 is 0.926 bits per heavy atom. The molecule has 0 fully saturated rings. The molecule has 0 saturated carbocycles. The molecule has 0 aromatic heterocycles. The van der Waals surface area contributed by atoms with Crippen LogP contribution in [0.3, 0.4) is 0 Å². The van der Waals surface area contributed by atoms with Crippen molar-refractivity contribution in [3.05, 3.63) is 64.7 Å². The van der Waals surface area contributed by atoms with Gasteiger partial charge in [0.1, 0.15) is 11.6 Å². The first-order chi connectivity index (χ1) is 12.8. The van der Waals surface area contributed by atoms with E-state index in [2.05, 4.69) is 16.0 Å². The Morgan fingerprint density at radius 3 is 2.33 bits per heavy atom. The minimum atomic E-state index is -1.03. The molecular weight excluding hydrogens is 356 g/mol. The molecule has 0 atom stereocenters. The van der Waals surface area contributed by atoms with Crippen LogP contribution in [0.5, 0.6) is 0 Å². The summed E-state index contributed by atoms with van der Waals surface area (Å²) in [6.07, 6.45) is 0. The van der Waals surface area contributed by atoms with Crippen LogP contribution in [-0.4, -0.2) is 30.8 Å². The average Bonchev–Trinajstić information content (AvgIpc) is 2.62. The van der Waals surface area contributed by atoms with Crippen molar-refractivity contribution in [2.45, 2.75) is 13.8 Å². The summed E-state index contributed by atoms with van der Waals surface area (Å²) >= 11 is 0. The van der Waals surface area contributed by atoms with E-state index < -0.39 is 35.9 Å². The molecule has 6 nitrogen and oxygen atoms in total. The van der Waals surface area contributed by atoms with Crippen LogP contribution in [0.25, 0.3) is 0 Å². The largest absolute Gasteiger partial charge is 0.345 e. The molecule has 0 bridgehead atoms. The van der Waals surface area contributed by atoms with Gasteiger partial charge in [-0.2, -0.15) is 0 Å². The number of amides is 3. The maximum absolute atomic E-state index is 13.5. The molecule has 2 aromatic rings. The van der Waals surface area contributed by atoms with Crippen molar-refractivity contribution in [2.75, 3.05) is 18.4 Å². The molecule has 8 heteroatoms. The third-order valence-corrected chi connectivity index (χ3v) is 3.91. The lowest BCUT2D eigenvalue weighted by molar-refractivity contribution is -0.123. The maximum atomic E-state index is 13.5. The predicted octanol–water partition coefficient (Wildman–Crippen LogP) is 2.07. The molecule has 3 amide bonds. The fourth-order valence-corrected chi connectivity index (χ4v) is 2.25. The number of hydrogen-bond donors (Lipinski definition) is 3. The molecular formula is C19H19F2N3O3. The zero-order valence-electron chi connectivity index (χ0n) is 14.9. The predicted molar refractivity (Wildman–Crippen MR) is 96.2 cm³/mol. The van der Waals surface area contributed by atoms with Crippen molar-refractivity contribution < 1.29 is 23.2 Å². The number of hydrogen-bond acceptors (Lipinski definition) is 3. The van der Waals surface area contributed by atoms with Gasteiger partial charge in [0.2, 0.25) is 11.8 Å². The minimum Gasteiger partial charge on any atom is -0.345 e. The lowest BCUT2D eigenvalue weighted by atomic mass is 10.1. The first-order valence-electron chi connectivity index (χ1n) is 8.14. The number of benzene rings is 2. The van der Waals surface area contributed by atoms with Gasteiger partial charge in [-0.3, -0.25) is 14.4 Å². The molecule has 0 heterocycles. The van der Waals surface area contributed by atoms with Gasteiger partial charge >= 0.3 is 0 Å². The molecule has 0 aliphatic heterocycles. The second kappa shape index (κ2) is 8.88. The Labute approximate surface area is 155 Å². The monoisotopic (exact) mass is 375 g/mol. The zero-order valence-corrected chi connectivity index (χ0v) is 14.9. The summed E-state index contributed by atoms with van der Waals surface area (Å²) in [5, 5.41) is 7.24. The van der Waals surface area contributed by atoms with Gasteiger partial charge in [0, 0.05) is 11.8 Å². The SMILES string of the molecule is Cc1cccc(NC(=O)CNC(=O)CNC(=O)c2ccc(F)cc2F)c1C. The quantitative estimate of drug-likeness (QED) is 0.722. The van der Waals surface area contributed by atoms with Gasteiger partial charge in [-0.15, -0.1) is 0 Å². The summed E-state index contributed by atoms with van der Waals surface area (Å²) in [5.74, 6) is -3.74. The van der Waals surface area contributed by atoms with E-state index in [1.54, 1.807) is 12.1 Å². The average molecular weight is 375 g/mol. The second-order valence-corrected chi connectivity index (χ2v) is 5.88. The molecule has 0 aliphatic carbocycles. The van der Waals surface area contributed by atoms with Crippen LogP contribution in [0, 0.1) is 25.5 Å². The number of anilines is 1. The summed E-state index contributed by atoms with van der Waals surface area (Å²) < 4.78 is 26.3. The highest BCUT2D eigenvalue weighted by Crippen LogP contribution is 2.17. The number of halogens is 2. The van der Waals surface area contributed by atoms with Gasteiger partial charge in [0.15, 0.2) is 0 Å². The Hall–Kier alpha value is -3.29. The van der Waals surface area contributed by atoms with Gasteiger partial charge in [-0.05, 0) is 43.2 Å². The maximum Gasteiger partial charge on any atom is 0.254 e. The fourth-order valence-electron chi connectivity index (χ4n) is 2.25. The number of carbonyl (C=O) groups is 3. The van der Waals surface area contributed by atoms with Crippen LogP contribution in [0.4, 0.5) is 14.5 Å². The third kappa shape index (κ3) is 5.60. The summed E-state index contributed by atoms with van der Waals surface area (Å²) in [7, 11) is 0. The van der Waals surface area contributed by atoms with Gasteiger partial charge in [0.05, 0.1) is 18.7 Å². The number of aryl methyl sites for hydroxylation is 1. The molecule has 27 heavy (non-hydrogen) atoms. The van der Waals surface area contributed by atoms with E-state index in [0.29, 0.717) is 11.8 Å². The van der Waals surface area contributed by atoms with E-state index in [9.17, 15) is 23.2 Å². The first-order valence-corrected chi connectivity index (χ1v) is 8.14. The Kier molecular flexibility index (Phi) is 6.59. The lowest BCUT2D eigenvalue weighted by Crippen LogP contribution is -2.40. The Morgan fingerprint density at radius 2 is 1.63 bits per heavy atom. The Balaban J connectivity index is 1.79. The highest BCUT2D eigenvalue weighted by atomic mass is 19.1. The zero-order chi connectivity index (χ0) is 20.0. The van der Waals surface area contributed by atoms with Gasteiger partial charge in [0.25, 0.3) is 5.91 Å².